The average molecular weight is 333 g/mol. The first-order chi connectivity index (χ1) is 9.69. The molecule has 104 valence electrons. The number of nitrogens with two attached hydrogens (primary N) is 1. The Balaban J connectivity index is 1.93. The van der Waals surface area contributed by atoms with Crippen molar-refractivity contribution in [1.82, 2.24) is 4.90 Å². The number of halogens is 1. The lowest BCUT2D eigenvalue weighted by atomic mass is 10.1. The molecule has 2 N–H and O–H groups in total. The highest BCUT2D eigenvalue weighted by Gasteiger charge is 2.28. The summed E-state index contributed by atoms with van der Waals surface area (Å²) in [7, 11) is 0. The molecule has 2 aromatic carbocycles. The zero-order valence-corrected chi connectivity index (χ0v) is 12.8. The number of fused-ring (bicyclic) bond motifs is 1. The first-order valence-corrected chi connectivity index (χ1v) is 7.68. The predicted octanol–water partition coefficient (Wildman–Crippen LogP) is 3.17. The molecule has 0 bridgehead atoms. The Morgan fingerprint density at radius 3 is 2.80 bits per heavy atom. The Morgan fingerprint density at radius 2 is 2.00 bits per heavy atom. The maximum atomic E-state index is 12.6. The van der Waals surface area contributed by atoms with Crippen LogP contribution < -0.4 is 5.73 Å². The van der Waals surface area contributed by atoms with Gasteiger partial charge in [0.05, 0.1) is 0 Å². The zero-order valence-electron chi connectivity index (χ0n) is 11.2. The van der Waals surface area contributed by atoms with E-state index in [-0.39, 0.29) is 11.9 Å². The molecule has 0 spiro atoms. The van der Waals surface area contributed by atoms with Crippen LogP contribution in [0.1, 0.15) is 23.2 Å². The minimum atomic E-state index is 0.0998. The normalized spacial score (nSPS) is 18.7. The highest BCUT2D eigenvalue weighted by molar-refractivity contribution is 9.10. The molecule has 0 aliphatic carbocycles. The molecule has 1 heterocycles. The molecule has 4 heteroatoms. The average Bonchev–Trinajstić information content (AvgIpc) is 2.94. The monoisotopic (exact) mass is 332 g/mol. The van der Waals surface area contributed by atoms with Gasteiger partial charge < -0.3 is 10.6 Å². The standard InChI is InChI=1S/C16H17BrN2O/c17-14-6-5-11-8-13(4-3-12(11)9-14)16(20)19-7-1-2-15(19)10-18/h3-6,8-9,15H,1-2,7,10,18H2. The first-order valence-electron chi connectivity index (χ1n) is 6.89. The molecule has 1 unspecified atom stereocenters. The molecule has 1 saturated heterocycles. The predicted molar refractivity (Wildman–Crippen MR) is 84.8 cm³/mol. The third-order valence-corrected chi connectivity index (χ3v) is 4.45. The Morgan fingerprint density at radius 1 is 1.25 bits per heavy atom. The Hall–Kier alpha value is -1.39. The van der Waals surface area contributed by atoms with Crippen molar-refractivity contribution in [2.75, 3.05) is 13.1 Å². The van der Waals surface area contributed by atoms with E-state index in [1.807, 2.05) is 35.2 Å². The molecule has 1 aliphatic heterocycles. The van der Waals surface area contributed by atoms with Crippen LogP contribution in [0.25, 0.3) is 10.8 Å². The molecule has 1 atom stereocenters. The van der Waals surface area contributed by atoms with Gasteiger partial charge in [0.15, 0.2) is 0 Å². The number of carbonyl (C=O) groups is 1. The van der Waals surface area contributed by atoms with Gasteiger partial charge in [-0.15, -0.1) is 0 Å². The third-order valence-electron chi connectivity index (χ3n) is 3.96. The van der Waals surface area contributed by atoms with E-state index in [1.165, 1.54) is 0 Å². The van der Waals surface area contributed by atoms with Crippen molar-refractivity contribution in [3.63, 3.8) is 0 Å². The van der Waals surface area contributed by atoms with E-state index < -0.39 is 0 Å². The van der Waals surface area contributed by atoms with Gasteiger partial charge in [0.25, 0.3) is 5.91 Å². The first kappa shape index (κ1) is 13.6. The van der Waals surface area contributed by atoms with Crippen molar-refractivity contribution < 1.29 is 4.79 Å². The number of likely N-dealkylation sites (tertiary alicyclic amines) is 1. The van der Waals surface area contributed by atoms with Crippen LogP contribution >= 0.6 is 15.9 Å². The number of carbonyl (C=O) groups excluding carboxylic acids is 1. The second kappa shape index (κ2) is 5.54. The van der Waals surface area contributed by atoms with Crippen molar-refractivity contribution in [2.45, 2.75) is 18.9 Å². The third kappa shape index (κ3) is 2.45. The SMILES string of the molecule is NCC1CCCN1C(=O)c1ccc2cc(Br)ccc2c1. The summed E-state index contributed by atoms with van der Waals surface area (Å²) >= 11 is 3.46. The summed E-state index contributed by atoms with van der Waals surface area (Å²) in [6.45, 7) is 1.37. The highest BCUT2D eigenvalue weighted by atomic mass is 79.9. The largest absolute Gasteiger partial charge is 0.334 e. The molecule has 0 radical (unpaired) electrons. The summed E-state index contributed by atoms with van der Waals surface area (Å²) in [5, 5.41) is 2.22. The summed E-state index contributed by atoms with van der Waals surface area (Å²) in [6.07, 6.45) is 2.07. The van der Waals surface area contributed by atoms with Crippen LogP contribution in [0, 0.1) is 0 Å². The summed E-state index contributed by atoms with van der Waals surface area (Å²) in [4.78, 5) is 14.5. The van der Waals surface area contributed by atoms with Crippen LogP contribution in [0.15, 0.2) is 40.9 Å². The van der Waals surface area contributed by atoms with E-state index in [0.717, 1.165) is 40.2 Å². The van der Waals surface area contributed by atoms with Crippen molar-refractivity contribution in [1.29, 1.82) is 0 Å². The number of benzene rings is 2. The van der Waals surface area contributed by atoms with Crippen LogP contribution in [0.4, 0.5) is 0 Å². The quantitative estimate of drug-likeness (QED) is 0.918. The van der Waals surface area contributed by atoms with Crippen LogP contribution in [0.3, 0.4) is 0 Å². The maximum Gasteiger partial charge on any atom is 0.254 e. The fourth-order valence-corrected chi connectivity index (χ4v) is 3.24. The van der Waals surface area contributed by atoms with Crippen LogP contribution in [0.2, 0.25) is 0 Å². The van der Waals surface area contributed by atoms with E-state index in [9.17, 15) is 4.79 Å². The minimum absolute atomic E-state index is 0.0998. The molecule has 2 aromatic rings. The van der Waals surface area contributed by atoms with Gasteiger partial charge in [-0.25, -0.2) is 0 Å². The second-order valence-corrected chi connectivity index (χ2v) is 6.15. The van der Waals surface area contributed by atoms with Gasteiger partial charge in [-0.05, 0) is 47.9 Å². The van der Waals surface area contributed by atoms with Gasteiger partial charge >= 0.3 is 0 Å². The number of hydrogen-bond donors (Lipinski definition) is 1. The number of nitrogens with zero attached hydrogens (tertiary/aromatic N) is 1. The summed E-state index contributed by atoms with van der Waals surface area (Å²) in [5.41, 5.74) is 6.50. The topological polar surface area (TPSA) is 46.3 Å². The maximum absolute atomic E-state index is 12.6. The fraction of sp³-hybridized carbons (Fsp3) is 0.312. The number of hydrogen-bond acceptors (Lipinski definition) is 2. The van der Waals surface area contributed by atoms with Gasteiger partial charge in [0, 0.05) is 29.2 Å². The molecule has 3 nitrogen and oxygen atoms in total. The van der Waals surface area contributed by atoms with Gasteiger partial charge in [-0.1, -0.05) is 28.1 Å². The van der Waals surface area contributed by atoms with Gasteiger partial charge in [0.2, 0.25) is 0 Å². The van der Waals surface area contributed by atoms with Gasteiger partial charge in [-0.2, -0.15) is 0 Å². The van der Waals surface area contributed by atoms with E-state index in [0.29, 0.717) is 6.54 Å². The zero-order chi connectivity index (χ0) is 14.1. The number of amides is 1. The molecule has 0 aromatic heterocycles. The van der Waals surface area contributed by atoms with E-state index in [4.69, 9.17) is 5.73 Å². The fourth-order valence-electron chi connectivity index (χ4n) is 2.86. The van der Waals surface area contributed by atoms with Gasteiger partial charge in [-0.3, -0.25) is 4.79 Å². The van der Waals surface area contributed by atoms with Crippen LogP contribution in [-0.4, -0.2) is 29.9 Å². The molecular weight excluding hydrogens is 316 g/mol. The minimum Gasteiger partial charge on any atom is -0.334 e. The highest BCUT2D eigenvalue weighted by Crippen LogP contribution is 2.24. The second-order valence-electron chi connectivity index (χ2n) is 5.24. The molecule has 1 aliphatic rings. The summed E-state index contributed by atoms with van der Waals surface area (Å²) in [6, 6.07) is 12.2. The van der Waals surface area contributed by atoms with Crippen LogP contribution in [-0.2, 0) is 0 Å². The van der Waals surface area contributed by atoms with E-state index in [2.05, 4.69) is 22.0 Å². The molecule has 1 fully saturated rings. The van der Waals surface area contributed by atoms with Crippen molar-refractivity contribution in [2.24, 2.45) is 5.73 Å². The molecule has 3 rings (SSSR count). The molecular formula is C16H17BrN2O. The Bertz CT molecular complexity index is 656. The van der Waals surface area contributed by atoms with E-state index >= 15 is 0 Å². The van der Waals surface area contributed by atoms with Crippen molar-refractivity contribution in [3.8, 4) is 0 Å². The molecule has 20 heavy (non-hydrogen) atoms. The van der Waals surface area contributed by atoms with Gasteiger partial charge in [0.1, 0.15) is 0 Å². The van der Waals surface area contributed by atoms with Crippen molar-refractivity contribution >= 4 is 32.6 Å². The summed E-state index contributed by atoms with van der Waals surface area (Å²) < 4.78 is 1.05. The lowest BCUT2D eigenvalue weighted by molar-refractivity contribution is 0.0741. The lowest BCUT2D eigenvalue weighted by Gasteiger charge is -2.23. The van der Waals surface area contributed by atoms with Crippen molar-refractivity contribution in [3.05, 3.63) is 46.4 Å². The Labute approximate surface area is 126 Å². The van der Waals surface area contributed by atoms with Crippen LogP contribution in [0.5, 0.6) is 0 Å². The van der Waals surface area contributed by atoms with E-state index in [1.54, 1.807) is 0 Å². The summed E-state index contributed by atoms with van der Waals surface area (Å²) in [5.74, 6) is 0.0998. The Kier molecular flexibility index (Phi) is 3.76. The smallest absolute Gasteiger partial charge is 0.254 e. The number of rotatable bonds is 2. The molecule has 1 amide bonds. The molecule has 0 saturated carbocycles. The lowest BCUT2D eigenvalue weighted by Crippen LogP contribution is -2.39.